The average molecular weight is 359 g/mol. The van der Waals surface area contributed by atoms with E-state index < -0.39 is 18.0 Å². The molecule has 0 aliphatic rings. The van der Waals surface area contributed by atoms with Gasteiger partial charge in [-0.25, -0.2) is 4.98 Å². The lowest BCUT2D eigenvalue weighted by molar-refractivity contribution is -0.153. The molecule has 8 heteroatoms. The van der Waals surface area contributed by atoms with Crippen molar-refractivity contribution in [2.45, 2.75) is 32.8 Å². The van der Waals surface area contributed by atoms with Crippen LogP contribution < -0.4 is 5.32 Å². The lowest BCUT2D eigenvalue weighted by Crippen LogP contribution is -2.30. The van der Waals surface area contributed by atoms with E-state index in [4.69, 9.17) is 9.26 Å². The molecule has 1 aromatic carbocycles. The topological polar surface area (TPSA) is 94.3 Å². The maximum absolute atomic E-state index is 12.0. The van der Waals surface area contributed by atoms with Gasteiger partial charge in [-0.1, -0.05) is 17.3 Å². The number of fused-ring (bicyclic) bond motifs is 1. The summed E-state index contributed by atoms with van der Waals surface area (Å²) in [5.74, 6) is -0.0319. The summed E-state index contributed by atoms with van der Waals surface area (Å²) >= 11 is 1.55. The molecule has 3 rings (SSSR count). The minimum Gasteiger partial charge on any atom is -0.453 e. The number of nitrogens with zero attached hydrogens (tertiary/aromatic N) is 2. The van der Waals surface area contributed by atoms with E-state index in [2.05, 4.69) is 15.5 Å². The predicted molar refractivity (Wildman–Crippen MR) is 93.4 cm³/mol. The molecule has 0 aliphatic heterocycles. The quantitative estimate of drug-likeness (QED) is 0.680. The van der Waals surface area contributed by atoms with Gasteiger partial charge in [0, 0.05) is 12.5 Å². The third-order valence-corrected chi connectivity index (χ3v) is 4.53. The number of para-hydroxylation sites is 1. The Balaban J connectivity index is 1.48. The van der Waals surface area contributed by atoms with Crippen molar-refractivity contribution in [2.24, 2.45) is 0 Å². The molecule has 0 spiro atoms. The van der Waals surface area contributed by atoms with Gasteiger partial charge in [0.25, 0.3) is 5.91 Å². The smallest absolute Gasteiger partial charge is 0.306 e. The van der Waals surface area contributed by atoms with Crippen molar-refractivity contribution >= 4 is 39.2 Å². The van der Waals surface area contributed by atoms with Crippen molar-refractivity contribution in [1.82, 2.24) is 10.1 Å². The van der Waals surface area contributed by atoms with Crippen molar-refractivity contribution in [1.29, 1.82) is 0 Å². The van der Waals surface area contributed by atoms with Crippen LogP contribution in [0.2, 0.25) is 0 Å². The van der Waals surface area contributed by atoms with E-state index in [-0.39, 0.29) is 6.42 Å². The monoisotopic (exact) mass is 359 g/mol. The highest BCUT2D eigenvalue weighted by molar-refractivity contribution is 7.18. The molecule has 0 radical (unpaired) electrons. The van der Waals surface area contributed by atoms with Crippen molar-refractivity contribution < 1.29 is 18.8 Å². The van der Waals surface area contributed by atoms with Crippen LogP contribution in [-0.2, 0) is 20.7 Å². The van der Waals surface area contributed by atoms with Gasteiger partial charge < -0.3 is 14.6 Å². The number of nitrogens with one attached hydrogen (secondary N) is 1. The third-order valence-electron chi connectivity index (χ3n) is 3.44. The van der Waals surface area contributed by atoms with Crippen molar-refractivity contribution in [3.05, 3.63) is 41.1 Å². The van der Waals surface area contributed by atoms with Gasteiger partial charge in [-0.15, -0.1) is 11.3 Å². The standard InChI is InChI=1S/C17H17N3O4S/c1-10-9-14(20-24-10)19-17(22)11(2)23-16(21)8-7-15-18-12-5-3-4-6-13(12)25-15/h3-6,9,11H,7-8H2,1-2H3,(H,19,20,22). The Morgan fingerprint density at radius 2 is 2.16 bits per heavy atom. The van der Waals surface area contributed by atoms with Gasteiger partial charge in [0.2, 0.25) is 0 Å². The molecule has 25 heavy (non-hydrogen) atoms. The minimum atomic E-state index is -0.917. The van der Waals surface area contributed by atoms with E-state index in [0.29, 0.717) is 18.0 Å². The number of rotatable bonds is 6. The van der Waals surface area contributed by atoms with E-state index in [1.54, 1.807) is 24.3 Å². The second kappa shape index (κ2) is 7.43. The molecule has 2 heterocycles. The van der Waals surface area contributed by atoms with Crippen molar-refractivity contribution in [2.75, 3.05) is 5.32 Å². The molecule has 1 amide bonds. The van der Waals surface area contributed by atoms with Crippen LogP contribution in [-0.4, -0.2) is 28.1 Å². The molecule has 1 atom stereocenters. The van der Waals surface area contributed by atoms with Crippen LogP contribution in [0.1, 0.15) is 24.1 Å². The molecule has 0 bridgehead atoms. The summed E-state index contributed by atoms with van der Waals surface area (Å²) < 4.78 is 11.1. The number of aromatic nitrogens is 2. The zero-order valence-corrected chi connectivity index (χ0v) is 14.6. The van der Waals surface area contributed by atoms with E-state index in [1.165, 1.54) is 6.92 Å². The van der Waals surface area contributed by atoms with Gasteiger partial charge in [0.05, 0.1) is 21.6 Å². The molecule has 0 saturated heterocycles. The van der Waals surface area contributed by atoms with Crippen LogP contribution >= 0.6 is 11.3 Å². The van der Waals surface area contributed by atoms with Crippen LogP contribution in [0.5, 0.6) is 0 Å². The molecule has 1 N–H and O–H groups in total. The van der Waals surface area contributed by atoms with Crippen LogP contribution in [0.3, 0.4) is 0 Å². The summed E-state index contributed by atoms with van der Waals surface area (Å²) in [7, 11) is 0. The number of benzene rings is 1. The van der Waals surface area contributed by atoms with E-state index in [0.717, 1.165) is 15.2 Å². The zero-order valence-electron chi connectivity index (χ0n) is 13.8. The molecule has 0 saturated carbocycles. The van der Waals surface area contributed by atoms with Crippen LogP contribution in [0.25, 0.3) is 10.2 Å². The van der Waals surface area contributed by atoms with E-state index in [1.807, 2.05) is 24.3 Å². The van der Waals surface area contributed by atoms with Gasteiger partial charge in [0.15, 0.2) is 11.9 Å². The highest BCUT2D eigenvalue weighted by Crippen LogP contribution is 2.22. The molecular formula is C17H17N3O4S. The van der Waals surface area contributed by atoms with Crippen molar-refractivity contribution in [3.63, 3.8) is 0 Å². The number of esters is 1. The van der Waals surface area contributed by atoms with Crippen LogP contribution in [0.15, 0.2) is 34.9 Å². The molecule has 130 valence electrons. The maximum Gasteiger partial charge on any atom is 0.306 e. The number of amides is 1. The first-order valence-corrected chi connectivity index (χ1v) is 8.61. The Bertz CT molecular complexity index is 869. The Morgan fingerprint density at radius 3 is 2.88 bits per heavy atom. The zero-order chi connectivity index (χ0) is 17.8. The number of anilines is 1. The third kappa shape index (κ3) is 4.42. The Hall–Kier alpha value is -2.74. The highest BCUT2D eigenvalue weighted by Gasteiger charge is 2.19. The number of aryl methyl sites for hydroxylation is 2. The maximum atomic E-state index is 12.0. The number of carbonyl (C=O) groups excluding carboxylic acids is 2. The summed E-state index contributed by atoms with van der Waals surface area (Å²) in [6.45, 7) is 3.23. The van der Waals surface area contributed by atoms with Gasteiger partial charge in [-0.05, 0) is 26.0 Å². The average Bonchev–Trinajstić information content (AvgIpc) is 3.18. The van der Waals surface area contributed by atoms with Gasteiger partial charge in [-0.3, -0.25) is 9.59 Å². The molecule has 2 aromatic heterocycles. The summed E-state index contributed by atoms with van der Waals surface area (Å²) in [5.41, 5.74) is 0.923. The first kappa shape index (κ1) is 17.1. The van der Waals surface area contributed by atoms with Gasteiger partial charge in [0.1, 0.15) is 5.76 Å². The summed E-state index contributed by atoms with van der Waals surface area (Å²) in [6, 6.07) is 9.39. The molecule has 0 fully saturated rings. The normalized spacial score (nSPS) is 12.1. The summed E-state index contributed by atoms with van der Waals surface area (Å²) in [5, 5.41) is 7.06. The lowest BCUT2D eigenvalue weighted by Gasteiger charge is -2.11. The number of ether oxygens (including phenoxy) is 1. The molecule has 7 nitrogen and oxygen atoms in total. The first-order valence-electron chi connectivity index (χ1n) is 7.79. The molecule has 0 aliphatic carbocycles. The van der Waals surface area contributed by atoms with Crippen LogP contribution in [0, 0.1) is 6.92 Å². The molecular weight excluding hydrogens is 342 g/mol. The Kier molecular flexibility index (Phi) is 5.08. The predicted octanol–water partition coefficient (Wildman–Crippen LogP) is 3.10. The van der Waals surface area contributed by atoms with Crippen molar-refractivity contribution in [3.8, 4) is 0 Å². The second-order valence-electron chi connectivity index (χ2n) is 5.52. The largest absolute Gasteiger partial charge is 0.453 e. The number of thiazole rings is 1. The fourth-order valence-corrected chi connectivity index (χ4v) is 3.17. The molecule has 1 unspecified atom stereocenters. The minimum absolute atomic E-state index is 0.167. The SMILES string of the molecule is Cc1cc(NC(=O)C(C)OC(=O)CCc2nc3ccccc3s2)no1. The molecule has 3 aromatic rings. The highest BCUT2D eigenvalue weighted by atomic mass is 32.1. The van der Waals surface area contributed by atoms with E-state index in [9.17, 15) is 9.59 Å². The number of hydrogen-bond donors (Lipinski definition) is 1. The lowest BCUT2D eigenvalue weighted by atomic mass is 10.3. The fraction of sp³-hybridized carbons (Fsp3) is 0.294. The first-order chi connectivity index (χ1) is 12.0. The van der Waals surface area contributed by atoms with Gasteiger partial charge >= 0.3 is 5.97 Å². The summed E-state index contributed by atoms with van der Waals surface area (Å²) in [4.78, 5) is 28.4. The fourth-order valence-electron chi connectivity index (χ4n) is 2.20. The number of hydrogen-bond acceptors (Lipinski definition) is 7. The summed E-state index contributed by atoms with van der Waals surface area (Å²) in [6.07, 6.45) is -0.268. The van der Waals surface area contributed by atoms with Gasteiger partial charge in [-0.2, -0.15) is 0 Å². The number of carbonyl (C=O) groups is 2. The second-order valence-corrected chi connectivity index (χ2v) is 6.63. The van der Waals surface area contributed by atoms with E-state index >= 15 is 0 Å². The Labute approximate surface area is 148 Å². The Morgan fingerprint density at radius 1 is 1.36 bits per heavy atom. The van der Waals surface area contributed by atoms with Crippen LogP contribution in [0.4, 0.5) is 5.82 Å².